The summed E-state index contributed by atoms with van der Waals surface area (Å²) in [6.45, 7) is 2.01. The minimum atomic E-state index is 0.537. The molecule has 98 valence electrons. The number of fused-ring (bicyclic) bond motifs is 1. The molecule has 0 aliphatic carbocycles. The molecule has 1 N–H and O–H groups in total. The number of imidazole rings is 1. The van der Waals surface area contributed by atoms with Crippen molar-refractivity contribution in [3.8, 4) is 11.8 Å². The summed E-state index contributed by atoms with van der Waals surface area (Å²) in [5.41, 5.74) is 4.23. The van der Waals surface area contributed by atoms with E-state index in [1.807, 2.05) is 29.7 Å². The van der Waals surface area contributed by atoms with Gasteiger partial charge < -0.3 is 4.98 Å². The van der Waals surface area contributed by atoms with Crippen molar-refractivity contribution >= 4 is 34.9 Å². The molecule has 3 aromatic rings. The largest absolute Gasteiger partial charge is 0.330 e. The number of nitrogens with zero attached hydrogens (tertiary/aromatic N) is 2. The van der Waals surface area contributed by atoms with Crippen LogP contribution in [0.15, 0.2) is 36.4 Å². The quantitative estimate of drug-likeness (QED) is 0.671. The highest BCUT2D eigenvalue weighted by atomic mass is 35.5. The van der Waals surface area contributed by atoms with Crippen LogP contribution in [0, 0.1) is 23.0 Å². The summed E-state index contributed by atoms with van der Waals surface area (Å²) in [6, 6.07) is 13.3. The number of aromatic nitrogens is 2. The third kappa shape index (κ3) is 1.92. The molecule has 0 atom stereocenters. The van der Waals surface area contributed by atoms with E-state index in [1.165, 1.54) is 0 Å². The van der Waals surface area contributed by atoms with Gasteiger partial charge in [-0.3, -0.25) is 4.57 Å². The zero-order valence-corrected chi connectivity index (χ0v) is 12.2. The first-order chi connectivity index (χ1) is 9.61. The van der Waals surface area contributed by atoms with Crippen LogP contribution in [0.1, 0.15) is 11.1 Å². The molecule has 20 heavy (non-hydrogen) atoms. The van der Waals surface area contributed by atoms with Gasteiger partial charge in [-0.05, 0) is 49.0 Å². The second-order valence-corrected chi connectivity index (χ2v) is 5.33. The highest BCUT2D eigenvalue weighted by molar-refractivity contribution is 7.71. The summed E-state index contributed by atoms with van der Waals surface area (Å²) >= 11 is 11.5. The predicted molar refractivity (Wildman–Crippen MR) is 82.9 cm³/mol. The number of hydrogen-bond acceptors (Lipinski definition) is 2. The molecule has 5 heteroatoms. The number of halogens is 1. The summed E-state index contributed by atoms with van der Waals surface area (Å²) in [5.74, 6) is 0. The molecule has 3 nitrogen and oxygen atoms in total. The Bertz CT molecular complexity index is 915. The van der Waals surface area contributed by atoms with Crippen molar-refractivity contribution in [2.24, 2.45) is 0 Å². The van der Waals surface area contributed by atoms with Crippen LogP contribution in [0.2, 0.25) is 5.02 Å². The number of hydrogen-bond donors (Lipinski definition) is 1. The number of para-hydroxylation sites is 1. The van der Waals surface area contributed by atoms with Crippen molar-refractivity contribution in [2.45, 2.75) is 6.92 Å². The summed E-state index contributed by atoms with van der Waals surface area (Å²) in [6.07, 6.45) is 0. The maximum Gasteiger partial charge on any atom is 0.182 e. The third-order valence-corrected chi connectivity index (χ3v) is 3.75. The van der Waals surface area contributed by atoms with Crippen LogP contribution in [0.3, 0.4) is 0 Å². The van der Waals surface area contributed by atoms with E-state index in [4.69, 9.17) is 23.8 Å². The van der Waals surface area contributed by atoms with E-state index in [1.54, 1.807) is 18.2 Å². The molecule has 2 aromatic carbocycles. The van der Waals surface area contributed by atoms with Crippen LogP contribution in [0.4, 0.5) is 0 Å². The molecule has 0 saturated carbocycles. The lowest BCUT2D eigenvalue weighted by Crippen LogP contribution is -1.98. The molecule has 0 aliphatic rings. The van der Waals surface area contributed by atoms with Gasteiger partial charge in [-0.2, -0.15) is 5.26 Å². The van der Waals surface area contributed by atoms with Gasteiger partial charge in [0.1, 0.15) is 6.07 Å². The maximum absolute atomic E-state index is 9.29. The van der Waals surface area contributed by atoms with Crippen molar-refractivity contribution in [1.82, 2.24) is 9.55 Å². The molecule has 1 heterocycles. The molecule has 0 unspecified atom stereocenters. The van der Waals surface area contributed by atoms with Crippen molar-refractivity contribution in [2.75, 3.05) is 0 Å². The van der Waals surface area contributed by atoms with E-state index >= 15 is 0 Å². The Morgan fingerprint density at radius 1 is 1.30 bits per heavy atom. The van der Waals surface area contributed by atoms with Crippen molar-refractivity contribution in [1.29, 1.82) is 5.26 Å². The SMILES string of the molecule is Cc1cccc2[nH]c(=S)n(-c3cc(Cl)ccc3C#N)c12. The molecule has 0 radical (unpaired) electrons. The topological polar surface area (TPSA) is 44.5 Å². The van der Waals surface area contributed by atoms with Crippen molar-refractivity contribution in [3.63, 3.8) is 0 Å². The molecule has 0 fully saturated rings. The lowest BCUT2D eigenvalue weighted by atomic mass is 10.1. The predicted octanol–water partition coefficient (Wildman–Crippen LogP) is 4.52. The molecule has 3 rings (SSSR count). The molecule has 1 aromatic heterocycles. The van der Waals surface area contributed by atoms with Crippen LogP contribution in [0.25, 0.3) is 16.7 Å². The summed E-state index contributed by atoms with van der Waals surface area (Å²) in [4.78, 5) is 3.16. The van der Waals surface area contributed by atoms with Crippen molar-refractivity contribution < 1.29 is 0 Å². The smallest absolute Gasteiger partial charge is 0.182 e. The first-order valence-corrected chi connectivity index (χ1v) is 6.81. The van der Waals surface area contributed by atoms with Gasteiger partial charge in [-0.15, -0.1) is 0 Å². The average molecular weight is 300 g/mol. The fraction of sp³-hybridized carbons (Fsp3) is 0.0667. The Labute approximate surface area is 126 Å². The minimum Gasteiger partial charge on any atom is -0.330 e. The summed E-state index contributed by atoms with van der Waals surface area (Å²) in [7, 11) is 0. The second kappa shape index (κ2) is 4.78. The lowest BCUT2D eigenvalue weighted by molar-refractivity contribution is 1.05. The maximum atomic E-state index is 9.29. The Kier molecular flexibility index (Phi) is 3.09. The van der Waals surface area contributed by atoms with Crippen molar-refractivity contribution in [3.05, 3.63) is 57.3 Å². The molecule has 0 saturated heterocycles. The van der Waals surface area contributed by atoms with Gasteiger partial charge in [0, 0.05) is 5.02 Å². The van der Waals surface area contributed by atoms with Crippen LogP contribution in [-0.2, 0) is 0 Å². The number of aromatic amines is 1. The first kappa shape index (κ1) is 12.9. The molecule has 0 spiro atoms. The minimum absolute atomic E-state index is 0.537. The second-order valence-electron chi connectivity index (χ2n) is 4.51. The zero-order chi connectivity index (χ0) is 14.3. The fourth-order valence-corrected chi connectivity index (χ4v) is 2.81. The molecule has 0 bridgehead atoms. The van der Waals surface area contributed by atoms with Gasteiger partial charge in [-0.1, -0.05) is 23.7 Å². The van der Waals surface area contributed by atoms with E-state index < -0.39 is 0 Å². The monoisotopic (exact) mass is 299 g/mol. The van der Waals surface area contributed by atoms with E-state index in [2.05, 4.69) is 11.1 Å². The number of benzene rings is 2. The van der Waals surface area contributed by atoms with Gasteiger partial charge >= 0.3 is 0 Å². The first-order valence-electron chi connectivity index (χ1n) is 6.02. The Hall–Kier alpha value is -2.09. The average Bonchev–Trinajstić information content (AvgIpc) is 2.76. The van der Waals surface area contributed by atoms with Gasteiger partial charge in [0.15, 0.2) is 4.77 Å². The number of nitriles is 1. The van der Waals surface area contributed by atoms with E-state index in [-0.39, 0.29) is 0 Å². The van der Waals surface area contributed by atoms with Crippen LogP contribution in [-0.4, -0.2) is 9.55 Å². The fourth-order valence-electron chi connectivity index (χ4n) is 2.34. The molecular formula is C15H10ClN3S. The number of rotatable bonds is 1. The normalized spacial score (nSPS) is 10.7. The number of H-pyrrole nitrogens is 1. The Morgan fingerprint density at radius 2 is 2.10 bits per heavy atom. The van der Waals surface area contributed by atoms with Gasteiger partial charge in [-0.25, -0.2) is 0 Å². The number of aryl methyl sites for hydroxylation is 1. The van der Waals surface area contributed by atoms with Crippen LogP contribution in [0.5, 0.6) is 0 Å². The highest BCUT2D eigenvalue weighted by Crippen LogP contribution is 2.26. The van der Waals surface area contributed by atoms with Gasteiger partial charge in [0.05, 0.1) is 22.3 Å². The van der Waals surface area contributed by atoms with E-state index in [0.29, 0.717) is 21.0 Å². The van der Waals surface area contributed by atoms with Gasteiger partial charge in [0.25, 0.3) is 0 Å². The Balaban J connectivity index is 2.48. The van der Waals surface area contributed by atoms with Gasteiger partial charge in [0.2, 0.25) is 0 Å². The van der Waals surface area contributed by atoms with Crippen LogP contribution < -0.4 is 0 Å². The third-order valence-electron chi connectivity index (χ3n) is 3.23. The van der Waals surface area contributed by atoms with Crippen LogP contribution >= 0.6 is 23.8 Å². The Morgan fingerprint density at radius 3 is 2.85 bits per heavy atom. The molecule has 0 amide bonds. The van der Waals surface area contributed by atoms with E-state index in [9.17, 15) is 5.26 Å². The van der Waals surface area contributed by atoms with E-state index in [0.717, 1.165) is 16.6 Å². The summed E-state index contributed by atoms with van der Waals surface area (Å²) < 4.78 is 2.41. The standard InChI is InChI=1S/C15H10ClN3S/c1-9-3-2-4-12-14(9)19(15(20)18-12)13-7-11(16)6-5-10(13)8-17/h2-7H,1H3,(H,18,20). The molecule has 0 aliphatic heterocycles. The lowest BCUT2D eigenvalue weighted by Gasteiger charge is -2.09. The zero-order valence-electron chi connectivity index (χ0n) is 10.6. The summed E-state index contributed by atoms with van der Waals surface area (Å²) in [5, 5.41) is 9.86. The number of nitrogens with one attached hydrogen (secondary N) is 1. The molecular weight excluding hydrogens is 290 g/mol. The highest BCUT2D eigenvalue weighted by Gasteiger charge is 2.12.